The Balaban J connectivity index is 1.18. The van der Waals surface area contributed by atoms with Gasteiger partial charge in [0.2, 0.25) is 0 Å². The molecule has 1 aromatic heterocycles. The van der Waals surface area contributed by atoms with Gasteiger partial charge in [0, 0.05) is 12.4 Å². The Morgan fingerprint density at radius 1 is 0.919 bits per heavy atom. The Bertz CT molecular complexity index is 1380. The van der Waals surface area contributed by atoms with Gasteiger partial charge in [0.25, 0.3) is 0 Å². The van der Waals surface area contributed by atoms with Gasteiger partial charge in [-0.25, -0.2) is 4.79 Å². The number of nitrogens with zero attached hydrogens (tertiary/aromatic N) is 2. The molecule has 0 aliphatic carbocycles. The third-order valence-corrected chi connectivity index (χ3v) is 6.09. The fraction of sp³-hybridized carbons (Fsp3) is 0.179. The van der Waals surface area contributed by atoms with E-state index in [0.717, 1.165) is 23.4 Å². The van der Waals surface area contributed by atoms with Crippen LogP contribution in [0.5, 0.6) is 11.5 Å². The standard InChI is InChI=1S/C28H23F3N2O4/c29-28(30,31)20-5-3-6-22(15-20)36-18-19-9-11-21(12-10-19)37-23-16-33(17-23)25-8-4-7-24(27(34)35)26(25)32-13-1-2-14-32/h1-15,23H,16-18H2,(H,34,35). The first-order valence-electron chi connectivity index (χ1n) is 11.6. The van der Waals surface area contributed by atoms with Gasteiger partial charge in [-0.05, 0) is 60.2 Å². The summed E-state index contributed by atoms with van der Waals surface area (Å²) in [6.07, 6.45) is -0.856. The van der Waals surface area contributed by atoms with Gasteiger partial charge in [-0.2, -0.15) is 13.2 Å². The van der Waals surface area contributed by atoms with Crippen LogP contribution < -0.4 is 14.4 Å². The third kappa shape index (κ3) is 5.40. The van der Waals surface area contributed by atoms with Crippen LogP contribution in [0.1, 0.15) is 21.5 Å². The molecule has 3 aromatic carbocycles. The molecule has 5 rings (SSSR count). The number of alkyl halides is 3. The summed E-state index contributed by atoms with van der Waals surface area (Å²) in [5.74, 6) is -0.177. The lowest BCUT2D eigenvalue weighted by Gasteiger charge is -2.41. The van der Waals surface area contributed by atoms with Crippen LogP contribution in [0.15, 0.2) is 91.3 Å². The molecular formula is C28H23F3N2O4. The van der Waals surface area contributed by atoms with Crippen molar-refractivity contribution in [2.45, 2.75) is 18.9 Å². The zero-order valence-electron chi connectivity index (χ0n) is 19.6. The summed E-state index contributed by atoms with van der Waals surface area (Å²) in [6.45, 7) is 1.32. The van der Waals surface area contributed by atoms with E-state index < -0.39 is 17.7 Å². The number of anilines is 1. The Labute approximate surface area is 211 Å². The second kappa shape index (κ2) is 9.93. The maximum atomic E-state index is 12.9. The Hall–Kier alpha value is -4.40. The molecule has 190 valence electrons. The Morgan fingerprint density at radius 2 is 1.62 bits per heavy atom. The lowest BCUT2D eigenvalue weighted by Crippen LogP contribution is -2.54. The van der Waals surface area contributed by atoms with Crippen LogP contribution in [-0.4, -0.2) is 34.8 Å². The highest BCUT2D eigenvalue weighted by Gasteiger charge is 2.32. The minimum absolute atomic E-state index is 0.0711. The third-order valence-electron chi connectivity index (χ3n) is 6.09. The van der Waals surface area contributed by atoms with Gasteiger partial charge in [-0.3, -0.25) is 0 Å². The monoisotopic (exact) mass is 508 g/mol. The van der Waals surface area contributed by atoms with Gasteiger partial charge in [-0.15, -0.1) is 0 Å². The molecule has 0 saturated carbocycles. The van der Waals surface area contributed by atoms with Crippen molar-refractivity contribution in [1.29, 1.82) is 0 Å². The van der Waals surface area contributed by atoms with Crippen molar-refractivity contribution in [1.82, 2.24) is 4.57 Å². The van der Waals surface area contributed by atoms with Crippen molar-refractivity contribution in [2.24, 2.45) is 0 Å². The van der Waals surface area contributed by atoms with Gasteiger partial charge >= 0.3 is 12.1 Å². The number of hydrogen-bond acceptors (Lipinski definition) is 4. The van der Waals surface area contributed by atoms with Gasteiger partial charge in [0.1, 0.15) is 24.2 Å². The van der Waals surface area contributed by atoms with Crippen molar-refractivity contribution in [3.63, 3.8) is 0 Å². The van der Waals surface area contributed by atoms with Gasteiger partial charge in [0.05, 0.1) is 35.6 Å². The van der Waals surface area contributed by atoms with E-state index in [2.05, 4.69) is 4.90 Å². The number of aromatic nitrogens is 1. The summed E-state index contributed by atoms with van der Waals surface area (Å²) >= 11 is 0. The first kappa shape index (κ1) is 24.3. The van der Waals surface area contributed by atoms with E-state index in [1.54, 1.807) is 41.0 Å². The predicted octanol–water partition coefficient (Wildman–Crippen LogP) is 6.04. The first-order valence-corrected chi connectivity index (χ1v) is 11.6. The van der Waals surface area contributed by atoms with E-state index in [9.17, 15) is 23.1 Å². The van der Waals surface area contributed by atoms with Crippen molar-refractivity contribution in [3.8, 4) is 17.2 Å². The molecule has 2 heterocycles. The summed E-state index contributed by atoms with van der Waals surface area (Å²) in [5.41, 5.74) is 1.70. The van der Waals surface area contributed by atoms with E-state index in [-0.39, 0.29) is 24.0 Å². The zero-order valence-corrected chi connectivity index (χ0v) is 19.6. The maximum absolute atomic E-state index is 12.9. The fourth-order valence-corrected chi connectivity index (χ4v) is 4.21. The molecule has 0 spiro atoms. The normalized spacial score (nSPS) is 13.8. The fourth-order valence-electron chi connectivity index (χ4n) is 4.21. The number of para-hydroxylation sites is 1. The lowest BCUT2D eigenvalue weighted by molar-refractivity contribution is -0.137. The molecule has 1 aliphatic rings. The number of aromatic carboxylic acids is 1. The predicted molar refractivity (Wildman–Crippen MR) is 132 cm³/mol. The minimum Gasteiger partial charge on any atom is -0.489 e. The molecule has 9 heteroatoms. The van der Waals surface area contributed by atoms with Crippen LogP contribution >= 0.6 is 0 Å². The second-order valence-corrected chi connectivity index (χ2v) is 8.67. The average Bonchev–Trinajstić information content (AvgIpc) is 3.39. The molecule has 1 N–H and O–H groups in total. The number of halogens is 3. The molecule has 0 unspecified atom stereocenters. The highest BCUT2D eigenvalue weighted by atomic mass is 19.4. The summed E-state index contributed by atoms with van der Waals surface area (Å²) in [7, 11) is 0. The van der Waals surface area contributed by atoms with E-state index >= 15 is 0 Å². The summed E-state index contributed by atoms with van der Waals surface area (Å²) in [4.78, 5) is 13.9. The molecule has 1 aliphatic heterocycles. The lowest BCUT2D eigenvalue weighted by atomic mass is 10.1. The minimum atomic E-state index is -4.42. The number of hydrogen-bond donors (Lipinski definition) is 1. The van der Waals surface area contributed by atoms with Crippen molar-refractivity contribution >= 4 is 11.7 Å². The Morgan fingerprint density at radius 3 is 2.30 bits per heavy atom. The van der Waals surface area contributed by atoms with Crippen LogP contribution in [-0.2, 0) is 12.8 Å². The first-order chi connectivity index (χ1) is 17.8. The molecule has 4 aromatic rings. The highest BCUT2D eigenvalue weighted by molar-refractivity contribution is 5.95. The number of carboxylic acid groups (broad SMARTS) is 1. The summed E-state index contributed by atoms with van der Waals surface area (Å²) < 4.78 is 52.0. The molecule has 0 bridgehead atoms. The van der Waals surface area contributed by atoms with Crippen LogP contribution in [0.3, 0.4) is 0 Å². The van der Waals surface area contributed by atoms with Gasteiger partial charge < -0.3 is 24.0 Å². The molecule has 37 heavy (non-hydrogen) atoms. The van der Waals surface area contributed by atoms with E-state index in [0.29, 0.717) is 24.5 Å². The summed E-state index contributed by atoms with van der Waals surface area (Å²) in [5, 5.41) is 9.67. The number of benzene rings is 3. The van der Waals surface area contributed by atoms with Crippen molar-refractivity contribution in [2.75, 3.05) is 18.0 Å². The number of ether oxygens (including phenoxy) is 2. The quantitative estimate of drug-likeness (QED) is 0.314. The van der Waals surface area contributed by atoms with E-state index in [4.69, 9.17) is 9.47 Å². The van der Waals surface area contributed by atoms with Crippen molar-refractivity contribution < 1.29 is 32.5 Å². The molecule has 1 saturated heterocycles. The van der Waals surface area contributed by atoms with E-state index in [1.807, 2.05) is 30.6 Å². The smallest absolute Gasteiger partial charge is 0.416 e. The largest absolute Gasteiger partial charge is 0.489 e. The summed E-state index contributed by atoms with van der Waals surface area (Å²) in [6, 6.07) is 20.9. The van der Waals surface area contributed by atoms with Crippen LogP contribution in [0.25, 0.3) is 5.69 Å². The molecule has 6 nitrogen and oxygen atoms in total. The SMILES string of the molecule is O=C(O)c1cccc(N2CC(Oc3ccc(COc4cccc(C(F)(F)F)c4)cc3)C2)c1-n1cccc1. The average molecular weight is 508 g/mol. The molecule has 0 radical (unpaired) electrons. The van der Waals surface area contributed by atoms with Crippen molar-refractivity contribution in [3.05, 3.63) is 108 Å². The van der Waals surface area contributed by atoms with Gasteiger partial charge in [0.15, 0.2) is 0 Å². The molecule has 0 amide bonds. The number of rotatable bonds is 8. The number of carbonyl (C=O) groups is 1. The molecular weight excluding hydrogens is 485 g/mol. The maximum Gasteiger partial charge on any atom is 0.416 e. The molecule has 1 fully saturated rings. The zero-order chi connectivity index (χ0) is 26.0. The highest BCUT2D eigenvalue weighted by Crippen LogP contribution is 2.33. The molecule has 0 atom stereocenters. The Kier molecular flexibility index (Phi) is 6.52. The number of carboxylic acids is 1. The van der Waals surface area contributed by atoms with Crippen LogP contribution in [0, 0.1) is 0 Å². The van der Waals surface area contributed by atoms with Gasteiger partial charge in [-0.1, -0.05) is 24.3 Å². The topological polar surface area (TPSA) is 63.9 Å². The van der Waals surface area contributed by atoms with Crippen LogP contribution in [0.2, 0.25) is 0 Å². The van der Waals surface area contributed by atoms with E-state index in [1.165, 1.54) is 12.1 Å². The second-order valence-electron chi connectivity index (χ2n) is 8.67. The van der Waals surface area contributed by atoms with Crippen LogP contribution in [0.4, 0.5) is 18.9 Å².